The minimum Gasteiger partial charge on any atom is -1.00 e. The van der Waals surface area contributed by atoms with Crippen molar-refractivity contribution < 1.29 is 22.9 Å². The molecule has 0 aromatic carbocycles. The third kappa shape index (κ3) is 20.4. The second-order valence-electron chi connectivity index (χ2n) is 7.96. The Kier molecular flexibility index (Phi) is 20.7. The van der Waals surface area contributed by atoms with Gasteiger partial charge >= 0.3 is 0 Å². The van der Waals surface area contributed by atoms with Gasteiger partial charge in [-0.2, -0.15) is 0 Å². The fourth-order valence-electron chi connectivity index (χ4n) is 3.61. The maximum Gasteiger partial charge on any atom is 0.0810 e. The summed E-state index contributed by atoms with van der Waals surface area (Å²) >= 11 is 0. The molecule has 0 aliphatic carbocycles. The van der Waals surface area contributed by atoms with Gasteiger partial charge in [0.2, 0.25) is 0 Å². The molecule has 152 valence electrons. The molecular weight excluding hydrogens is 330 g/mol. The maximum atomic E-state index is 5.24. The van der Waals surface area contributed by atoms with E-state index in [0.29, 0.717) is 6.10 Å². The Bertz CT molecular complexity index is 246. The van der Waals surface area contributed by atoms with Gasteiger partial charge in [0, 0.05) is 0 Å². The Hall–Kier alpha value is 0.210. The summed E-state index contributed by atoms with van der Waals surface area (Å²) in [6, 6.07) is 0. The van der Waals surface area contributed by atoms with Crippen molar-refractivity contribution >= 4 is 0 Å². The first-order chi connectivity index (χ1) is 11.9. The van der Waals surface area contributed by atoms with Crippen molar-refractivity contribution in [1.29, 1.82) is 0 Å². The molecule has 0 radical (unpaired) electrons. The van der Waals surface area contributed by atoms with E-state index in [-0.39, 0.29) is 12.4 Å². The molecule has 1 heterocycles. The van der Waals surface area contributed by atoms with Crippen LogP contribution in [0.5, 0.6) is 0 Å². The lowest BCUT2D eigenvalue weighted by molar-refractivity contribution is -0.368. The Morgan fingerprint density at radius 2 is 0.800 bits per heavy atom. The van der Waals surface area contributed by atoms with E-state index in [9.17, 15) is 0 Å². The Labute approximate surface area is 164 Å². The van der Waals surface area contributed by atoms with E-state index >= 15 is 0 Å². The Morgan fingerprint density at radius 1 is 0.520 bits per heavy atom. The quantitative estimate of drug-likeness (QED) is 0.258. The van der Waals surface area contributed by atoms with Crippen LogP contribution in [0.3, 0.4) is 0 Å². The predicted octanol–water partition coefficient (Wildman–Crippen LogP) is 3.04. The van der Waals surface area contributed by atoms with Gasteiger partial charge in [0.05, 0.1) is 19.3 Å². The smallest absolute Gasteiger partial charge is 0.0810 e. The van der Waals surface area contributed by atoms with Crippen molar-refractivity contribution in [3.63, 3.8) is 0 Å². The molecule has 1 aliphatic heterocycles. The van der Waals surface area contributed by atoms with Gasteiger partial charge in [0.25, 0.3) is 0 Å². The molecular formula is C22H46ClNO. The molecule has 0 bridgehead atoms. The highest BCUT2D eigenvalue weighted by molar-refractivity contribution is 4.68. The molecule has 0 spiro atoms. The molecule has 0 amide bonds. The number of rotatable bonds is 20. The largest absolute Gasteiger partial charge is 1.00 e. The zero-order valence-corrected chi connectivity index (χ0v) is 17.7. The lowest BCUT2D eigenvalue weighted by atomic mass is 10.0. The van der Waals surface area contributed by atoms with Gasteiger partial charge < -0.3 is 22.9 Å². The first-order valence-corrected chi connectivity index (χ1v) is 11.3. The number of quaternary nitrogens is 1. The van der Waals surface area contributed by atoms with Crippen molar-refractivity contribution in [2.45, 2.75) is 128 Å². The van der Waals surface area contributed by atoms with Gasteiger partial charge in [-0.3, -0.25) is 0 Å². The second kappa shape index (κ2) is 20.5. The summed E-state index contributed by atoms with van der Waals surface area (Å²) in [5, 5.41) is 0. The number of hydrogen-bond acceptors (Lipinski definition) is 1. The average molecular weight is 376 g/mol. The fraction of sp³-hybridized carbons (Fsp3) is 1.00. The van der Waals surface area contributed by atoms with Gasteiger partial charge in [0.15, 0.2) is 0 Å². The summed E-state index contributed by atoms with van der Waals surface area (Å²) in [5.41, 5.74) is 3.90. The minimum atomic E-state index is 0. The number of epoxide rings is 1. The summed E-state index contributed by atoms with van der Waals surface area (Å²) in [6.07, 6.45) is 28.0. The van der Waals surface area contributed by atoms with Crippen molar-refractivity contribution in [3.8, 4) is 0 Å². The molecule has 0 saturated carbocycles. The first kappa shape index (κ1) is 25.2. The molecule has 0 aromatic rings. The standard InChI is InChI=1S/C22H45NO.ClH/c23-20-18-16-14-12-10-8-6-4-2-1-3-5-7-9-11-13-15-17-19-22-21-24-22;/h22H,1-21,23H2;1H. The zero-order valence-electron chi connectivity index (χ0n) is 16.9. The highest BCUT2D eigenvalue weighted by Gasteiger charge is 2.20. The molecule has 1 aliphatic rings. The molecule has 1 rings (SSSR count). The summed E-state index contributed by atoms with van der Waals surface area (Å²) in [6.45, 7) is 2.16. The van der Waals surface area contributed by atoms with E-state index in [4.69, 9.17) is 4.74 Å². The predicted molar refractivity (Wildman–Crippen MR) is 105 cm³/mol. The van der Waals surface area contributed by atoms with E-state index in [0.717, 1.165) is 13.2 Å². The summed E-state index contributed by atoms with van der Waals surface area (Å²) in [7, 11) is 0. The van der Waals surface area contributed by atoms with Crippen LogP contribution in [0.15, 0.2) is 0 Å². The molecule has 0 aromatic heterocycles. The second-order valence-corrected chi connectivity index (χ2v) is 7.96. The highest BCUT2D eigenvalue weighted by Crippen LogP contribution is 2.18. The zero-order chi connectivity index (χ0) is 17.1. The van der Waals surface area contributed by atoms with Gasteiger partial charge in [-0.05, 0) is 19.3 Å². The molecule has 3 N–H and O–H groups in total. The fourth-order valence-corrected chi connectivity index (χ4v) is 3.61. The summed E-state index contributed by atoms with van der Waals surface area (Å²) < 4.78 is 5.24. The van der Waals surface area contributed by atoms with Crippen LogP contribution in [0.2, 0.25) is 0 Å². The van der Waals surface area contributed by atoms with E-state index in [1.54, 1.807) is 0 Å². The monoisotopic (exact) mass is 375 g/mol. The average Bonchev–Trinajstić information content (AvgIpc) is 3.41. The van der Waals surface area contributed by atoms with Crippen molar-refractivity contribution in [2.24, 2.45) is 0 Å². The van der Waals surface area contributed by atoms with Crippen molar-refractivity contribution in [2.75, 3.05) is 13.2 Å². The van der Waals surface area contributed by atoms with Crippen LogP contribution < -0.4 is 18.1 Å². The van der Waals surface area contributed by atoms with Crippen LogP contribution in [0.4, 0.5) is 0 Å². The highest BCUT2D eigenvalue weighted by atomic mass is 35.5. The van der Waals surface area contributed by atoms with Crippen LogP contribution >= 0.6 is 0 Å². The number of halogens is 1. The van der Waals surface area contributed by atoms with Gasteiger partial charge in [-0.15, -0.1) is 0 Å². The Morgan fingerprint density at radius 3 is 1.08 bits per heavy atom. The van der Waals surface area contributed by atoms with E-state index in [1.165, 1.54) is 122 Å². The number of hydrogen-bond donors (Lipinski definition) is 1. The molecule has 1 fully saturated rings. The third-order valence-corrected chi connectivity index (χ3v) is 5.43. The van der Waals surface area contributed by atoms with E-state index in [1.807, 2.05) is 0 Å². The minimum absolute atomic E-state index is 0. The van der Waals surface area contributed by atoms with Crippen LogP contribution in [-0.2, 0) is 4.74 Å². The topological polar surface area (TPSA) is 40.2 Å². The van der Waals surface area contributed by atoms with Crippen LogP contribution in [-0.4, -0.2) is 19.3 Å². The molecule has 2 nitrogen and oxygen atoms in total. The van der Waals surface area contributed by atoms with Crippen LogP contribution in [0.1, 0.15) is 122 Å². The molecule has 3 heteroatoms. The summed E-state index contributed by atoms with van der Waals surface area (Å²) in [4.78, 5) is 0. The van der Waals surface area contributed by atoms with Gasteiger partial charge in [-0.25, -0.2) is 0 Å². The number of unbranched alkanes of at least 4 members (excludes halogenated alkanes) is 17. The third-order valence-electron chi connectivity index (χ3n) is 5.43. The SMILES string of the molecule is [Cl-].[NH3+]CCCCCCCCCCCCCCCCCCCCC1CO1. The Balaban J connectivity index is 0.00000576. The lowest BCUT2D eigenvalue weighted by Gasteiger charge is -2.03. The summed E-state index contributed by atoms with van der Waals surface area (Å²) in [5.74, 6) is 0. The maximum absolute atomic E-state index is 5.24. The van der Waals surface area contributed by atoms with E-state index < -0.39 is 0 Å². The van der Waals surface area contributed by atoms with Crippen molar-refractivity contribution in [3.05, 3.63) is 0 Å². The first-order valence-electron chi connectivity index (χ1n) is 11.3. The van der Waals surface area contributed by atoms with Gasteiger partial charge in [0.1, 0.15) is 0 Å². The van der Waals surface area contributed by atoms with Crippen LogP contribution in [0.25, 0.3) is 0 Å². The molecule has 1 unspecified atom stereocenters. The molecule has 1 saturated heterocycles. The number of ether oxygens (including phenoxy) is 1. The van der Waals surface area contributed by atoms with Crippen molar-refractivity contribution in [1.82, 2.24) is 0 Å². The normalized spacial score (nSPS) is 16.0. The molecule has 25 heavy (non-hydrogen) atoms. The van der Waals surface area contributed by atoms with E-state index in [2.05, 4.69) is 5.73 Å². The molecule has 1 atom stereocenters. The van der Waals surface area contributed by atoms with Crippen LogP contribution in [0, 0.1) is 0 Å². The lowest BCUT2D eigenvalue weighted by Crippen LogP contribution is -3.00. The van der Waals surface area contributed by atoms with Gasteiger partial charge in [-0.1, -0.05) is 103 Å².